The highest BCUT2D eigenvalue weighted by Crippen LogP contribution is 2.14. The van der Waals surface area contributed by atoms with Crippen molar-refractivity contribution in [3.63, 3.8) is 0 Å². The van der Waals surface area contributed by atoms with E-state index in [1.165, 1.54) is 6.07 Å². The number of hydrogen-bond acceptors (Lipinski definition) is 4. The second-order valence-electron chi connectivity index (χ2n) is 4.76. The normalized spacial score (nSPS) is 19.9. The van der Waals surface area contributed by atoms with Crippen molar-refractivity contribution < 1.29 is 4.39 Å². The molecule has 0 spiro atoms. The number of nitrogens with one attached hydrogen (secondary N) is 1. The SMILES string of the molecule is CN1CCN(NC(CN)c2cccc(F)c2)CC1. The van der Waals surface area contributed by atoms with Crippen LogP contribution in [-0.2, 0) is 0 Å². The summed E-state index contributed by atoms with van der Waals surface area (Å²) in [7, 11) is 2.12. The number of piperazine rings is 1. The molecule has 100 valence electrons. The van der Waals surface area contributed by atoms with Gasteiger partial charge < -0.3 is 10.6 Å². The van der Waals surface area contributed by atoms with Gasteiger partial charge in [0.15, 0.2) is 0 Å². The number of hydrazine groups is 1. The van der Waals surface area contributed by atoms with Gasteiger partial charge in [0, 0.05) is 32.7 Å². The number of nitrogens with two attached hydrogens (primary N) is 1. The molecular weight excluding hydrogens is 231 g/mol. The summed E-state index contributed by atoms with van der Waals surface area (Å²) in [6.07, 6.45) is 0. The van der Waals surface area contributed by atoms with Crippen molar-refractivity contribution in [1.29, 1.82) is 0 Å². The fourth-order valence-corrected chi connectivity index (χ4v) is 2.14. The maximum absolute atomic E-state index is 13.2. The Balaban J connectivity index is 1.97. The van der Waals surface area contributed by atoms with Crippen LogP contribution in [0, 0.1) is 5.82 Å². The molecule has 0 aliphatic carbocycles. The van der Waals surface area contributed by atoms with Gasteiger partial charge in [0.2, 0.25) is 0 Å². The van der Waals surface area contributed by atoms with Crippen molar-refractivity contribution in [2.75, 3.05) is 39.8 Å². The van der Waals surface area contributed by atoms with Gasteiger partial charge in [0.05, 0.1) is 6.04 Å². The van der Waals surface area contributed by atoms with E-state index in [0.717, 1.165) is 31.7 Å². The van der Waals surface area contributed by atoms with Crippen LogP contribution in [0.15, 0.2) is 24.3 Å². The zero-order valence-electron chi connectivity index (χ0n) is 10.8. The van der Waals surface area contributed by atoms with E-state index in [-0.39, 0.29) is 11.9 Å². The Morgan fingerprint density at radius 2 is 2.06 bits per heavy atom. The molecule has 1 aliphatic rings. The largest absolute Gasteiger partial charge is 0.329 e. The second kappa shape index (κ2) is 6.24. The lowest BCUT2D eigenvalue weighted by atomic mass is 10.1. The number of benzene rings is 1. The summed E-state index contributed by atoms with van der Waals surface area (Å²) < 4.78 is 13.2. The van der Waals surface area contributed by atoms with Crippen molar-refractivity contribution in [3.8, 4) is 0 Å². The summed E-state index contributed by atoms with van der Waals surface area (Å²) in [5.41, 5.74) is 10.1. The van der Waals surface area contributed by atoms with Gasteiger partial charge in [-0.2, -0.15) is 0 Å². The zero-order chi connectivity index (χ0) is 13.0. The van der Waals surface area contributed by atoms with Crippen LogP contribution in [0.4, 0.5) is 4.39 Å². The molecule has 3 N–H and O–H groups in total. The Morgan fingerprint density at radius 1 is 1.33 bits per heavy atom. The van der Waals surface area contributed by atoms with Crippen molar-refractivity contribution in [2.45, 2.75) is 6.04 Å². The second-order valence-corrected chi connectivity index (χ2v) is 4.76. The highest BCUT2D eigenvalue weighted by atomic mass is 19.1. The van der Waals surface area contributed by atoms with Crippen LogP contribution in [0.3, 0.4) is 0 Å². The molecule has 18 heavy (non-hydrogen) atoms. The fourth-order valence-electron chi connectivity index (χ4n) is 2.14. The van der Waals surface area contributed by atoms with Crippen LogP contribution in [0.1, 0.15) is 11.6 Å². The summed E-state index contributed by atoms with van der Waals surface area (Å²) >= 11 is 0. The van der Waals surface area contributed by atoms with Gasteiger partial charge in [-0.15, -0.1) is 0 Å². The summed E-state index contributed by atoms with van der Waals surface area (Å²) in [5, 5.41) is 2.17. The molecule has 1 saturated heterocycles. The molecule has 0 aromatic heterocycles. The molecule has 1 atom stereocenters. The quantitative estimate of drug-likeness (QED) is 0.822. The van der Waals surface area contributed by atoms with E-state index in [4.69, 9.17) is 5.73 Å². The summed E-state index contributed by atoms with van der Waals surface area (Å²) in [5.74, 6) is -0.217. The van der Waals surface area contributed by atoms with E-state index in [1.807, 2.05) is 6.07 Å². The van der Waals surface area contributed by atoms with Gasteiger partial charge >= 0.3 is 0 Å². The van der Waals surface area contributed by atoms with E-state index in [9.17, 15) is 4.39 Å². The molecule has 1 unspecified atom stereocenters. The molecule has 0 bridgehead atoms. The van der Waals surface area contributed by atoms with Crippen LogP contribution in [0.5, 0.6) is 0 Å². The van der Waals surface area contributed by atoms with Crippen LogP contribution >= 0.6 is 0 Å². The third-order valence-corrected chi connectivity index (χ3v) is 3.33. The zero-order valence-corrected chi connectivity index (χ0v) is 10.8. The van der Waals surface area contributed by atoms with Crippen LogP contribution in [-0.4, -0.2) is 49.7 Å². The van der Waals surface area contributed by atoms with Crippen LogP contribution in [0.2, 0.25) is 0 Å². The number of rotatable bonds is 4. The van der Waals surface area contributed by atoms with E-state index in [2.05, 4.69) is 22.4 Å². The molecule has 1 fully saturated rings. The van der Waals surface area contributed by atoms with E-state index in [0.29, 0.717) is 6.54 Å². The number of likely N-dealkylation sites (N-methyl/N-ethyl adjacent to an activating group) is 1. The Labute approximate surface area is 108 Å². The Hall–Kier alpha value is -1.01. The molecule has 1 heterocycles. The lowest BCUT2D eigenvalue weighted by molar-refractivity contribution is 0.0879. The average Bonchev–Trinajstić information content (AvgIpc) is 2.38. The minimum Gasteiger partial charge on any atom is -0.329 e. The maximum Gasteiger partial charge on any atom is 0.123 e. The smallest absolute Gasteiger partial charge is 0.123 e. The van der Waals surface area contributed by atoms with Gasteiger partial charge in [-0.3, -0.25) is 0 Å². The molecule has 0 amide bonds. The first-order chi connectivity index (χ1) is 8.69. The minimum absolute atomic E-state index is 0.0240. The fraction of sp³-hybridized carbons (Fsp3) is 0.538. The van der Waals surface area contributed by atoms with Gasteiger partial charge in [-0.05, 0) is 24.7 Å². The van der Waals surface area contributed by atoms with Crippen molar-refractivity contribution in [2.24, 2.45) is 5.73 Å². The standard InChI is InChI=1S/C13H21FN4/c1-17-5-7-18(8-6-17)16-13(10-15)11-3-2-4-12(14)9-11/h2-4,9,13,16H,5-8,10,15H2,1H3. The maximum atomic E-state index is 13.2. The number of hydrogen-bond donors (Lipinski definition) is 2. The molecule has 5 heteroatoms. The van der Waals surface area contributed by atoms with E-state index < -0.39 is 0 Å². The minimum atomic E-state index is -0.217. The molecule has 1 aliphatic heterocycles. The Kier molecular flexibility index (Phi) is 4.66. The molecular formula is C13H21FN4. The first-order valence-corrected chi connectivity index (χ1v) is 6.34. The highest BCUT2D eigenvalue weighted by Gasteiger charge is 2.18. The van der Waals surface area contributed by atoms with E-state index in [1.54, 1.807) is 12.1 Å². The van der Waals surface area contributed by atoms with Crippen molar-refractivity contribution in [3.05, 3.63) is 35.6 Å². The van der Waals surface area contributed by atoms with E-state index >= 15 is 0 Å². The number of halogens is 1. The summed E-state index contributed by atoms with van der Waals surface area (Å²) in [6, 6.07) is 6.60. The number of nitrogens with zero attached hydrogens (tertiary/aromatic N) is 2. The topological polar surface area (TPSA) is 44.5 Å². The summed E-state index contributed by atoms with van der Waals surface area (Å²) in [4.78, 5) is 2.29. The molecule has 1 aromatic rings. The molecule has 4 nitrogen and oxygen atoms in total. The third-order valence-electron chi connectivity index (χ3n) is 3.33. The predicted octanol–water partition coefficient (Wildman–Crippen LogP) is 0.578. The molecule has 1 aromatic carbocycles. The lowest BCUT2D eigenvalue weighted by Crippen LogP contribution is -2.52. The van der Waals surface area contributed by atoms with Gasteiger partial charge in [-0.1, -0.05) is 12.1 Å². The molecule has 0 radical (unpaired) electrons. The monoisotopic (exact) mass is 252 g/mol. The highest BCUT2D eigenvalue weighted by molar-refractivity contribution is 5.20. The first-order valence-electron chi connectivity index (χ1n) is 6.34. The van der Waals surface area contributed by atoms with Crippen molar-refractivity contribution >= 4 is 0 Å². The van der Waals surface area contributed by atoms with Crippen LogP contribution in [0.25, 0.3) is 0 Å². The lowest BCUT2D eigenvalue weighted by Gasteiger charge is -2.35. The Morgan fingerprint density at radius 3 is 2.67 bits per heavy atom. The summed E-state index contributed by atoms with van der Waals surface area (Å²) in [6.45, 7) is 4.45. The van der Waals surface area contributed by atoms with Crippen molar-refractivity contribution in [1.82, 2.24) is 15.3 Å². The Bertz CT molecular complexity index is 377. The van der Waals surface area contributed by atoms with Gasteiger partial charge in [0.1, 0.15) is 5.82 Å². The van der Waals surface area contributed by atoms with Crippen LogP contribution < -0.4 is 11.2 Å². The average molecular weight is 252 g/mol. The molecule has 0 saturated carbocycles. The third kappa shape index (κ3) is 3.49. The van der Waals surface area contributed by atoms with Gasteiger partial charge in [0.25, 0.3) is 0 Å². The molecule has 2 rings (SSSR count). The van der Waals surface area contributed by atoms with Gasteiger partial charge in [-0.25, -0.2) is 14.8 Å². The predicted molar refractivity (Wildman–Crippen MR) is 70.4 cm³/mol. The first kappa shape index (κ1) is 13.4.